The number of nitrogen functional groups attached to an aromatic ring is 1. The van der Waals surface area contributed by atoms with E-state index < -0.39 is 15.8 Å². The Bertz CT molecular complexity index is 508. The lowest BCUT2D eigenvalue weighted by atomic mass is 10.1. The molecule has 0 aliphatic rings. The van der Waals surface area contributed by atoms with Crippen molar-refractivity contribution in [1.82, 2.24) is 0 Å². The predicted molar refractivity (Wildman–Crippen MR) is 59.9 cm³/mol. The zero-order chi connectivity index (χ0) is 12.3. The Morgan fingerprint density at radius 2 is 2.06 bits per heavy atom. The summed E-state index contributed by atoms with van der Waals surface area (Å²) in [4.78, 5) is 10.4. The maximum absolute atomic E-state index is 11.3. The fourth-order valence-corrected chi connectivity index (χ4v) is 2.17. The van der Waals surface area contributed by atoms with Crippen molar-refractivity contribution in [3.8, 4) is 0 Å². The Labute approximate surface area is 93.8 Å². The van der Waals surface area contributed by atoms with E-state index in [1.165, 1.54) is 12.1 Å². The van der Waals surface area contributed by atoms with E-state index in [2.05, 4.69) is 0 Å². The van der Waals surface area contributed by atoms with E-state index in [-0.39, 0.29) is 23.4 Å². The van der Waals surface area contributed by atoms with E-state index in [4.69, 9.17) is 10.8 Å². The molecule has 0 atom stereocenters. The molecule has 0 aromatic heterocycles. The van der Waals surface area contributed by atoms with Crippen LogP contribution in [0.1, 0.15) is 12.0 Å². The lowest BCUT2D eigenvalue weighted by Crippen LogP contribution is -2.04. The molecule has 0 fully saturated rings. The van der Waals surface area contributed by atoms with E-state index in [0.29, 0.717) is 5.56 Å². The van der Waals surface area contributed by atoms with Gasteiger partial charge in [-0.3, -0.25) is 4.79 Å². The smallest absolute Gasteiger partial charge is 0.303 e. The van der Waals surface area contributed by atoms with E-state index in [9.17, 15) is 13.2 Å². The van der Waals surface area contributed by atoms with Gasteiger partial charge in [0.15, 0.2) is 9.84 Å². The Morgan fingerprint density at radius 3 is 2.56 bits per heavy atom. The van der Waals surface area contributed by atoms with Crippen molar-refractivity contribution >= 4 is 21.5 Å². The van der Waals surface area contributed by atoms with E-state index >= 15 is 0 Å². The second kappa shape index (κ2) is 4.52. The third kappa shape index (κ3) is 3.23. The van der Waals surface area contributed by atoms with Crippen LogP contribution in [0.4, 0.5) is 5.69 Å². The molecule has 0 aliphatic carbocycles. The minimum Gasteiger partial charge on any atom is -0.481 e. The van der Waals surface area contributed by atoms with Crippen LogP contribution in [0.3, 0.4) is 0 Å². The molecule has 16 heavy (non-hydrogen) atoms. The number of anilines is 1. The number of aryl methyl sites for hydroxylation is 1. The van der Waals surface area contributed by atoms with Gasteiger partial charge in [0.1, 0.15) is 0 Å². The first kappa shape index (κ1) is 12.5. The van der Waals surface area contributed by atoms with Gasteiger partial charge >= 0.3 is 5.97 Å². The Hall–Kier alpha value is -1.56. The van der Waals surface area contributed by atoms with Gasteiger partial charge in [-0.1, -0.05) is 6.07 Å². The molecule has 0 heterocycles. The molecule has 0 unspecified atom stereocenters. The number of carboxylic acid groups (broad SMARTS) is 1. The van der Waals surface area contributed by atoms with Gasteiger partial charge in [0.05, 0.1) is 10.6 Å². The molecule has 88 valence electrons. The Balaban J connectivity index is 3.04. The number of benzene rings is 1. The molecule has 1 aromatic rings. The second-order valence-corrected chi connectivity index (χ2v) is 5.52. The predicted octanol–water partition coefficient (Wildman–Crippen LogP) is 0.690. The fourth-order valence-electron chi connectivity index (χ4n) is 1.31. The number of hydrogen-bond donors (Lipinski definition) is 2. The zero-order valence-electron chi connectivity index (χ0n) is 8.80. The van der Waals surface area contributed by atoms with Crippen molar-refractivity contribution in [2.75, 3.05) is 12.0 Å². The van der Waals surface area contributed by atoms with Gasteiger partial charge in [0.2, 0.25) is 0 Å². The number of carbonyl (C=O) groups is 1. The molecule has 0 spiro atoms. The van der Waals surface area contributed by atoms with Crippen LogP contribution in [0.15, 0.2) is 23.1 Å². The average molecular weight is 243 g/mol. The largest absolute Gasteiger partial charge is 0.481 e. The maximum atomic E-state index is 11.3. The molecular formula is C10H13NO4S. The summed E-state index contributed by atoms with van der Waals surface area (Å²) in [5, 5.41) is 8.52. The second-order valence-electron chi connectivity index (χ2n) is 3.54. The number of rotatable bonds is 4. The molecule has 0 radical (unpaired) electrons. The van der Waals surface area contributed by atoms with Crippen LogP contribution in [-0.2, 0) is 21.1 Å². The SMILES string of the molecule is CS(=O)(=O)c1cc(CCC(=O)O)ccc1N. The number of nitrogens with two attached hydrogens (primary N) is 1. The first-order chi connectivity index (χ1) is 7.30. The molecule has 0 bridgehead atoms. The molecule has 0 saturated carbocycles. The van der Waals surface area contributed by atoms with Crippen LogP contribution in [-0.4, -0.2) is 25.7 Å². The molecule has 5 nitrogen and oxygen atoms in total. The van der Waals surface area contributed by atoms with Crippen LogP contribution in [0.2, 0.25) is 0 Å². The molecule has 0 aliphatic heterocycles. The topological polar surface area (TPSA) is 97.5 Å². The third-order valence-electron chi connectivity index (χ3n) is 2.10. The van der Waals surface area contributed by atoms with E-state index in [0.717, 1.165) is 6.26 Å². The summed E-state index contributed by atoms with van der Waals surface area (Å²) < 4.78 is 22.7. The van der Waals surface area contributed by atoms with Gasteiger partial charge in [-0.05, 0) is 24.1 Å². The monoisotopic (exact) mass is 243 g/mol. The summed E-state index contributed by atoms with van der Waals surface area (Å²) >= 11 is 0. The molecule has 0 saturated heterocycles. The van der Waals surface area contributed by atoms with Gasteiger partial charge in [-0.15, -0.1) is 0 Å². The minimum absolute atomic E-state index is 0.0346. The van der Waals surface area contributed by atoms with Gasteiger partial charge in [0, 0.05) is 12.7 Å². The standard InChI is InChI=1S/C10H13NO4S/c1-16(14,15)9-6-7(2-4-8(9)11)3-5-10(12)13/h2,4,6H,3,5,11H2,1H3,(H,12,13). The summed E-state index contributed by atoms with van der Waals surface area (Å²) in [7, 11) is -3.37. The number of hydrogen-bond acceptors (Lipinski definition) is 4. The Kier molecular flexibility index (Phi) is 3.54. The summed E-state index contributed by atoms with van der Waals surface area (Å²) in [5.74, 6) is -0.919. The average Bonchev–Trinajstić information content (AvgIpc) is 2.14. The summed E-state index contributed by atoms with van der Waals surface area (Å²) in [6, 6.07) is 4.54. The minimum atomic E-state index is -3.37. The van der Waals surface area contributed by atoms with Crippen molar-refractivity contribution in [2.45, 2.75) is 17.7 Å². The summed E-state index contributed by atoms with van der Waals surface area (Å²) in [6.07, 6.45) is 1.32. The van der Waals surface area contributed by atoms with Crippen LogP contribution in [0.5, 0.6) is 0 Å². The zero-order valence-corrected chi connectivity index (χ0v) is 9.62. The van der Waals surface area contributed by atoms with Crippen LogP contribution in [0.25, 0.3) is 0 Å². The lowest BCUT2D eigenvalue weighted by Gasteiger charge is -2.06. The normalized spacial score (nSPS) is 11.3. The van der Waals surface area contributed by atoms with E-state index in [1.54, 1.807) is 6.07 Å². The van der Waals surface area contributed by atoms with Crippen LogP contribution < -0.4 is 5.73 Å². The highest BCUT2D eigenvalue weighted by molar-refractivity contribution is 7.90. The third-order valence-corrected chi connectivity index (χ3v) is 3.26. The van der Waals surface area contributed by atoms with Gasteiger partial charge < -0.3 is 10.8 Å². The molecule has 1 rings (SSSR count). The quantitative estimate of drug-likeness (QED) is 0.758. The van der Waals surface area contributed by atoms with E-state index in [1.807, 2.05) is 0 Å². The summed E-state index contributed by atoms with van der Waals surface area (Å²) in [5.41, 5.74) is 6.37. The molecule has 6 heteroatoms. The first-order valence-electron chi connectivity index (χ1n) is 4.61. The van der Waals surface area contributed by atoms with Crippen molar-refractivity contribution in [3.05, 3.63) is 23.8 Å². The maximum Gasteiger partial charge on any atom is 0.303 e. The number of sulfone groups is 1. The highest BCUT2D eigenvalue weighted by Crippen LogP contribution is 2.20. The first-order valence-corrected chi connectivity index (χ1v) is 6.50. The summed E-state index contributed by atoms with van der Waals surface area (Å²) in [6.45, 7) is 0. The van der Waals surface area contributed by atoms with Gasteiger partial charge in [-0.25, -0.2) is 8.42 Å². The Morgan fingerprint density at radius 1 is 1.44 bits per heavy atom. The van der Waals surface area contributed by atoms with Crippen molar-refractivity contribution in [2.24, 2.45) is 0 Å². The van der Waals surface area contributed by atoms with Crippen LogP contribution >= 0.6 is 0 Å². The fraction of sp³-hybridized carbons (Fsp3) is 0.300. The van der Waals surface area contributed by atoms with Gasteiger partial charge in [-0.2, -0.15) is 0 Å². The number of carboxylic acids is 1. The number of aliphatic carboxylic acids is 1. The highest BCUT2D eigenvalue weighted by atomic mass is 32.2. The molecule has 3 N–H and O–H groups in total. The molecule has 1 aromatic carbocycles. The lowest BCUT2D eigenvalue weighted by molar-refractivity contribution is -0.136. The van der Waals surface area contributed by atoms with Crippen molar-refractivity contribution in [1.29, 1.82) is 0 Å². The van der Waals surface area contributed by atoms with Crippen LogP contribution in [0, 0.1) is 0 Å². The van der Waals surface area contributed by atoms with Crippen molar-refractivity contribution in [3.63, 3.8) is 0 Å². The molecular weight excluding hydrogens is 230 g/mol. The van der Waals surface area contributed by atoms with Crippen molar-refractivity contribution < 1.29 is 18.3 Å². The van der Waals surface area contributed by atoms with Gasteiger partial charge in [0.25, 0.3) is 0 Å². The molecule has 0 amide bonds. The highest BCUT2D eigenvalue weighted by Gasteiger charge is 2.12.